The number of nitrogens with zero attached hydrogens (tertiary/aromatic N) is 4. The maximum Gasteiger partial charge on any atom is 0.114 e. The van der Waals surface area contributed by atoms with Crippen molar-refractivity contribution < 1.29 is 5.11 Å². The van der Waals surface area contributed by atoms with Crippen LogP contribution < -0.4 is 0 Å². The first-order valence-corrected chi connectivity index (χ1v) is 5.16. The second-order valence-electron chi connectivity index (χ2n) is 4.27. The van der Waals surface area contributed by atoms with Crippen molar-refractivity contribution in [2.24, 2.45) is 0 Å². The molecule has 0 unspecified atom stereocenters. The van der Waals surface area contributed by atoms with Crippen LogP contribution in [0.3, 0.4) is 0 Å². The number of rotatable bonds is 2. The van der Waals surface area contributed by atoms with Crippen LogP contribution in [-0.4, -0.2) is 20.1 Å². The summed E-state index contributed by atoms with van der Waals surface area (Å²) in [5.41, 5.74) is 0.885. The molecule has 86 valence electrons. The summed E-state index contributed by atoms with van der Waals surface area (Å²) in [5.74, 6) is 0. The van der Waals surface area contributed by atoms with Crippen LogP contribution in [0.2, 0.25) is 0 Å². The van der Waals surface area contributed by atoms with E-state index in [4.69, 9.17) is 5.26 Å². The largest absolute Gasteiger partial charge is 0.384 e. The molecule has 0 bridgehead atoms. The van der Waals surface area contributed by atoms with Crippen LogP contribution in [0.1, 0.15) is 25.1 Å². The van der Waals surface area contributed by atoms with Crippen LogP contribution in [0.25, 0.3) is 5.69 Å². The molecule has 2 rings (SSSR count). The van der Waals surface area contributed by atoms with E-state index in [1.165, 1.54) is 0 Å². The molecule has 1 aromatic heterocycles. The van der Waals surface area contributed by atoms with Gasteiger partial charge in [-0.1, -0.05) is 5.21 Å². The monoisotopic (exact) mass is 228 g/mol. The molecule has 0 amide bonds. The van der Waals surface area contributed by atoms with Crippen molar-refractivity contribution in [2.75, 3.05) is 0 Å². The molecule has 1 heterocycles. The van der Waals surface area contributed by atoms with E-state index >= 15 is 0 Å². The Balaban J connectivity index is 2.34. The Morgan fingerprint density at radius 3 is 2.41 bits per heavy atom. The quantitative estimate of drug-likeness (QED) is 0.842. The van der Waals surface area contributed by atoms with Crippen LogP contribution in [0.4, 0.5) is 0 Å². The van der Waals surface area contributed by atoms with Crippen molar-refractivity contribution in [3.05, 3.63) is 41.7 Å². The van der Waals surface area contributed by atoms with Crippen LogP contribution in [0.15, 0.2) is 30.5 Å². The first kappa shape index (κ1) is 11.3. The maximum absolute atomic E-state index is 9.77. The summed E-state index contributed by atoms with van der Waals surface area (Å²) in [6.07, 6.45) is 1.67. The average molecular weight is 228 g/mol. The predicted molar refractivity (Wildman–Crippen MR) is 61.3 cm³/mol. The van der Waals surface area contributed by atoms with Gasteiger partial charge in [0.2, 0.25) is 0 Å². The summed E-state index contributed by atoms with van der Waals surface area (Å²) >= 11 is 0. The molecule has 0 atom stereocenters. The average Bonchev–Trinajstić information content (AvgIpc) is 2.78. The van der Waals surface area contributed by atoms with Gasteiger partial charge in [-0.15, -0.1) is 5.10 Å². The van der Waals surface area contributed by atoms with E-state index in [9.17, 15) is 5.11 Å². The van der Waals surface area contributed by atoms with E-state index in [0.717, 1.165) is 5.69 Å². The minimum Gasteiger partial charge on any atom is -0.384 e. The highest BCUT2D eigenvalue weighted by Gasteiger charge is 2.20. The molecule has 0 fully saturated rings. The molecule has 2 aromatic rings. The third kappa shape index (κ3) is 2.32. The predicted octanol–water partition coefficient (Wildman–Crippen LogP) is 1.37. The first-order chi connectivity index (χ1) is 8.00. The molecule has 1 N–H and O–H groups in total. The number of hydrogen-bond acceptors (Lipinski definition) is 4. The van der Waals surface area contributed by atoms with Gasteiger partial charge in [0, 0.05) is 0 Å². The number of benzene rings is 1. The van der Waals surface area contributed by atoms with Crippen molar-refractivity contribution in [1.82, 2.24) is 15.0 Å². The van der Waals surface area contributed by atoms with E-state index in [1.54, 1.807) is 49.0 Å². The minimum atomic E-state index is -1.01. The van der Waals surface area contributed by atoms with Gasteiger partial charge in [0.25, 0.3) is 0 Å². The lowest BCUT2D eigenvalue weighted by molar-refractivity contribution is 0.0737. The molecular formula is C12H12N4O. The summed E-state index contributed by atoms with van der Waals surface area (Å²) in [6.45, 7) is 3.31. The summed E-state index contributed by atoms with van der Waals surface area (Å²) < 4.78 is 1.56. The van der Waals surface area contributed by atoms with E-state index in [2.05, 4.69) is 10.3 Å². The summed E-state index contributed by atoms with van der Waals surface area (Å²) in [6, 6.07) is 9.03. The molecule has 5 nitrogen and oxygen atoms in total. The van der Waals surface area contributed by atoms with Crippen molar-refractivity contribution >= 4 is 0 Å². The minimum absolute atomic E-state index is 0.502. The topological polar surface area (TPSA) is 74.7 Å². The second kappa shape index (κ2) is 4.00. The Labute approximate surface area is 98.9 Å². The molecule has 0 aliphatic rings. The second-order valence-corrected chi connectivity index (χ2v) is 4.27. The molecule has 0 saturated heterocycles. The Kier molecular flexibility index (Phi) is 2.66. The molecule has 0 saturated carbocycles. The fraction of sp³-hybridized carbons (Fsp3) is 0.250. The SMILES string of the molecule is CC(C)(O)c1cn(-c2ccc(C#N)cc2)nn1. The summed E-state index contributed by atoms with van der Waals surface area (Å²) in [4.78, 5) is 0. The normalized spacial score (nSPS) is 11.2. The highest BCUT2D eigenvalue weighted by atomic mass is 16.3. The van der Waals surface area contributed by atoms with Crippen molar-refractivity contribution in [2.45, 2.75) is 19.4 Å². The molecular weight excluding hydrogens is 216 g/mol. The number of aromatic nitrogens is 3. The Morgan fingerprint density at radius 2 is 1.94 bits per heavy atom. The van der Waals surface area contributed by atoms with Crippen LogP contribution in [0, 0.1) is 11.3 Å². The van der Waals surface area contributed by atoms with Crippen LogP contribution in [-0.2, 0) is 5.60 Å². The van der Waals surface area contributed by atoms with Gasteiger partial charge in [-0.2, -0.15) is 5.26 Å². The van der Waals surface area contributed by atoms with Gasteiger partial charge in [-0.25, -0.2) is 4.68 Å². The molecule has 0 radical (unpaired) electrons. The zero-order chi connectivity index (χ0) is 12.5. The fourth-order valence-corrected chi connectivity index (χ4v) is 1.36. The summed E-state index contributed by atoms with van der Waals surface area (Å²) in [7, 11) is 0. The molecule has 1 aromatic carbocycles. The summed E-state index contributed by atoms with van der Waals surface area (Å²) in [5, 5.41) is 26.3. The number of nitriles is 1. The maximum atomic E-state index is 9.77. The number of hydrogen-bond donors (Lipinski definition) is 1. The standard InChI is InChI=1S/C12H12N4O/c1-12(2,17)11-8-16(15-14-11)10-5-3-9(7-13)4-6-10/h3-6,8,17H,1-2H3. The lowest BCUT2D eigenvalue weighted by Crippen LogP contribution is -2.15. The lowest BCUT2D eigenvalue weighted by Gasteiger charge is -2.11. The van der Waals surface area contributed by atoms with E-state index in [-0.39, 0.29) is 0 Å². The lowest BCUT2D eigenvalue weighted by atomic mass is 10.1. The van der Waals surface area contributed by atoms with Gasteiger partial charge in [-0.05, 0) is 38.1 Å². The smallest absolute Gasteiger partial charge is 0.114 e. The molecule has 0 aliphatic heterocycles. The van der Waals surface area contributed by atoms with E-state index in [1.807, 2.05) is 6.07 Å². The van der Waals surface area contributed by atoms with Gasteiger partial charge in [0.15, 0.2) is 0 Å². The highest BCUT2D eigenvalue weighted by molar-refractivity contribution is 5.38. The van der Waals surface area contributed by atoms with Gasteiger partial charge in [0.05, 0.1) is 23.5 Å². The fourth-order valence-electron chi connectivity index (χ4n) is 1.36. The van der Waals surface area contributed by atoms with Gasteiger partial charge in [0.1, 0.15) is 11.3 Å². The van der Waals surface area contributed by atoms with Gasteiger partial charge in [-0.3, -0.25) is 0 Å². The third-order valence-electron chi connectivity index (χ3n) is 2.38. The highest BCUT2D eigenvalue weighted by Crippen LogP contribution is 2.17. The van der Waals surface area contributed by atoms with Crippen molar-refractivity contribution in [3.8, 4) is 11.8 Å². The first-order valence-electron chi connectivity index (χ1n) is 5.16. The van der Waals surface area contributed by atoms with Gasteiger partial charge >= 0.3 is 0 Å². The van der Waals surface area contributed by atoms with Crippen LogP contribution >= 0.6 is 0 Å². The third-order valence-corrected chi connectivity index (χ3v) is 2.38. The Bertz CT molecular complexity index is 557. The van der Waals surface area contributed by atoms with E-state index in [0.29, 0.717) is 11.3 Å². The molecule has 17 heavy (non-hydrogen) atoms. The molecule has 0 spiro atoms. The van der Waals surface area contributed by atoms with Crippen molar-refractivity contribution in [1.29, 1.82) is 5.26 Å². The Morgan fingerprint density at radius 1 is 1.29 bits per heavy atom. The Hall–Kier alpha value is -2.19. The number of aliphatic hydroxyl groups is 1. The molecule has 5 heteroatoms. The zero-order valence-corrected chi connectivity index (χ0v) is 9.62. The van der Waals surface area contributed by atoms with Gasteiger partial charge < -0.3 is 5.11 Å². The zero-order valence-electron chi connectivity index (χ0n) is 9.62. The van der Waals surface area contributed by atoms with Crippen LogP contribution in [0.5, 0.6) is 0 Å². The van der Waals surface area contributed by atoms with E-state index < -0.39 is 5.60 Å². The van der Waals surface area contributed by atoms with Crippen molar-refractivity contribution in [3.63, 3.8) is 0 Å². The molecule has 0 aliphatic carbocycles.